The summed E-state index contributed by atoms with van der Waals surface area (Å²) in [5, 5.41) is 3.93. The Morgan fingerprint density at radius 1 is 1.20 bits per heavy atom. The maximum Gasteiger partial charge on any atom is 0.303 e. The second kappa shape index (κ2) is 6.67. The van der Waals surface area contributed by atoms with Gasteiger partial charge in [0.1, 0.15) is 0 Å². The maximum atomic E-state index is 12.8. The summed E-state index contributed by atoms with van der Waals surface area (Å²) in [6.07, 6.45) is 9.95. The van der Waals surface area contributed by atoms with Gasteiger partial charge in [0.15, 0.2) is 17.2 Å². The van der Waals surface area contributed by atoms with Gasteiger partial charge < -0.3 is 4.74 Å². The number of ketones is 2. The van der Waals surface area contributed by atoms with Crippen LogP contribution in [0.25, 0.3) is 10.4 Å². The van der Waals surface area contributed by atoms with E-state index in [0.717, 1.165) is 24.8 Å². The molecule has 0 heterocycles. The number of azide groups is 1. The monoisotopic (exact) mass is 409 g/mol. The van der Waals surface area contributed by atoms with Crippen molar-refractivity contribution in [1.29, 1.82) is 0 Å². The fraction of sp³-hybridized carbons (Fsp3) is 0.609. The molecule has 4 aliphatic rings. The SMILES string of the molecule is CC(=O)O[C@]1(C(C)=O)CC[C@H]2[C@@H]3C=C(N=[N+]=[N-])C4=CC(=O)C=C[C@]4(C)[C@H]3CC[C@@]21C. The summed E-state index contributed by atoms with van der Waals surface area (Å²) in [6, 6.07) is 0. The van der Waals surface area contributed by atoms with E-state index in [0.29, 0.717) is 12.1 Å². The Hall–Kier alpha value is -2.66. The number of carbonyl (C=O) groups excluding carboxylic acids is 3. The van der Waals surface area contributed by atoms with E-state index >= 15 is 0 Å². The maximum absolute atomic E-state index is 12.8. The molecule has 6 atom stereocenters. The van der Waals surface area contributed by atoms with Gasteiger partial charge in [0.2, 0.25) is 0 Å². The number of carbonyl (C=O) groups is 3. The molecule has 0 aliphatic heterocycles. The Labute approximate surface area is 175 Å². The molecule has 0 N–H and O–H groups in total. The summed E-state index contributed by atoms with van der Waals surface area (Å²) in [7, 11) is 0. The van der Waals surface area contributed by atoms with Crippen LogP contribution in [-0.4, -0.2) is 23.1 Å². The highest BCUT2D eigenvalue weighted by Gasteiger charge is 2.67. The van der Waals surface area contributed by atoms with Gasteiger partial charge in [0, 0.05) is 28.4 Å². The summed E-state index contributed by atoms with van der Waals surface area (Å²) in [5.74, 6) is -0.273. The first-order valence-corrected chi connectivity index (χ1v) is 10.5. The molecule has 0 amide bonds. The van der Waals surface area contributed by atoms with Crippen LogP contribution in [0.4, 0.5) is 0 Å². The van der Waals surface area contributed by atoms with E-state index in [1.807, 2.05) is 12.2 Å². The first-order valence-electron chi connectivity index (χ1n) is 10.5. The third kappa shape index (κ3) is 2.58. The summed E-state index contributed by atoms with van der Waals surface area (Å²) in [4.78, 5) is 39.8. The van der Waals surface area contributed by atoms with E-state index in [1.54, 1.807) is 12.2 Å². The van der Waals surface area contributed by atoms with Crippen molar-refractivity contribution in [3.63, 3.8) is 0 Å². The molecule has 4 rings (SSSR count). The Bertz CT molecular complexity index is 988. The fourth-order valence-corrected chi connectivity index (χ4v) is 6.96. The summed E-state index contributed by atoms with van der Waals surface area (Å²) < 4.78 is 5.77. The highest BCUT2D eigenvalue weighted by atomic mass is 16.6. The lowest BCUT2D eigenvalue weighted by molar-refractivity contribution is -0.184. The number of Topliss-reactive ketones (excluding diaryl/α,β-unsaturated/α-hetero) is 1. The van der Waals surface area contributed by atoms with Gasteiger partial charge in [-0.25, -0.2) is 0 Å². The Kier molecular flexibility index (Phi) is 4.58. The van der Waals surface area contributed by atoms with Crippen molar-refractivity contribution < 1.29 is 19.1 Å². The molecule has 0 unspecified atom stereocenters. The molecule has 7 nitrogen and oxygen atoms in total. The second-order valence-corrected chi connectivity index (χ2v) is 9.58. The largest absolute Gasteiger partial charge is 0.451 e. The molecule has 30 heavy (non-hydrogen) atoms. The van der Waals surface area contributed by atoms with Crippen molar-refractivity contribution in [1.82, 2.24) is 0 Å². The zero-order valence-electron chi connectivity index (χ0n) is 17.8. The Morgan fingerprint density at radius 2 is 1.90 bits per heavy atom. The van der Waals surface area contributed by atoms with Crippen LogP contribution >= 0.6 is 0 Å². The van der Waals surface area contributed by atoms with Gasteiger partial charge in [-0.05, 0) is 73.6 Å². The van der Waals surface area contributed by atoms with Gasteiger partial charge in [-0.2, -0.15) is 0 Å². The molecule has 7 heteroatoms. The molecule has 2 saturated carbocycles. The van der Waals surface area contributed by atoms with E-state index in [4.69, 9.17) is 10.3 Å². The smallest absolute Gasteiger partial charge is 0.303 e. The van der Waals surface area contributed by atoms with E-state index in [2.05, 4.69) is 23.9 Å². The summed E-state index contributed by atoms with van der Waals surface area (Å²) >= 11 is 0. The number of nitrogens with zero attached hydrogens (tertiary/aromatic N) is 3. The van der Waals surface area contributed by atoms with Crippen molar-refractivity contribution in [3.8, 4) is 0 Å². The van der Waals surface area contributed by atoms with Crippen molar-refractivity contribution in [2.75, 3.05) is 0 Å². The highest BCUT2D eigenvalue weighted by Crippen LogP contribution is 2.67. The lowest BCUT2D eigenvalue weighted by Crippen LogP contribution is -2.58. The van der Waals surface area contributed by atoms with Crippen LogP contribution in [0.1, 0.15) is 53.4 Å². The summed E-state index contributed by atoms with van der Waals surface area (Å²) in [6.45, 7) is 7.04. The molecule has 0 spiro atoms. The van der Waals surface area contributed by atoms with Crippen LogP contribution < -0.4 is 0 Å². The molecule has 0 aromatic rings. The van der Waals surface area contributed by atoms with E-state index in [1.165, 1.54) is 13.8 Å². The average Bonchev–Trinajstić information content (AvgIpc) is 2.96. The molecular formula is C23H27N3O4. The van der Waals surface area contributed by atoms with E-state index in [9.17, 15) is 14.4 Å². The molecule has 0 aromatic heterocycles. The predicted octanol–water partition coefficient (Wildman–Crippen LogP) is 4.60. The first kappa shape index (κ1) is 20.6. The van der Waals surface area contributed by atoms with Gasteiger partial charge in [-0.3, -0.25) is 14.4 Å². The number of hydrogen-bond acceptors (Lipinski definition) is 5. The van der Waals surface area contributed by atoms with Gasteiger partial charge >= 0.3 is 5.97 Å². The highest BCUT2D eigenvalue weighted by molar-refractivity contribution is 6.02. The molecule has 2 fully saturated rings. The lowest BCUT2D eigenvalue weighted by atomic mass is 9.48. The van der Waals surface area contributed by atoms with Crippen LogP contribution in [0, 0.1) is 28.6 Å². The molecule has 0 saturated heterocycles. The molecular weight excluding hydrogens is 382 g/mol. The molecule has 0 radical (unpaired) electrons. The normalized spacial score (nSPS) is 41.5. The number of ether oxygens (including phenoxy) is 1. The third-order valence-electron chi connectivity index (χ3n) is 8.35. The fourth-order valence-electron chi connectivity index (χ4n) is 6.96. The van der Waals surface area contributed by atoms with Gasteiger partial charge in [0.25, 0.3) is 0 Å². The topological polar surface area (TPSA) is 109 Å². The minimum Gasteiger partial charge on any atom is -0.451 e. The minimum atomic E-state index is -1.11. The van der Waals surface area contributed by atoms with Crippen LogP contribution in [-0.2, 0) is 19.1 Å². The van der Waals surface area contributed by atoms with Crippen LogP contribution in [0.15, 0.2) is 40.7 Å². The molecule has 4 aliphatic carbocycles. The van der Waals surface area contributed by atoms with Crippen LogP contribution in [0.3, 0.4) is 0 Å². The van der Waals surface area contributed by atoms with Crippen molar-refractivity contribution >= 4 is 17.5 Å². The quantitative estimate of drug-likeness (QED) is 0.294. The Balaban J connectivity index is 1.85. The van der Waals surface area contributed by atoms with E-state index in [-0.39, 0.29) is 29.3 Å². The average molecular weight is 409 g/mol. The summed E-state index contributed by atoms with van der Waals surface area (Å²) in [5.41, 5.74) is 8.38. The number of fused-ring (bicyclic) bond motifs is 5. The molecule has 158 valence electrons. The van der Waals surface area contributed by atoms with Crippen molar-refractivity contribution in [3.05, 3.63) is 46.0 Å². The minimum absolute atomic E-state index is 0.0565. The van der Waals surface area contributed by atoms with E-state index < -0.39 is 22.4 Å². The number of allylic oxidation sites excluding steroid dienone is 5. The number of esters is 1. The van der Waals surface area contributed by atoms with Crippen LogP contribution in [0.5, 0.6) is 0 Å². The number of rotatable bonds is 3. The van der Waals surface area contributed by atoms with Gasteiger partial charge in [-0.1, -0.05) is 31.1 Å². The number of hydrogen-bond donors (Lipinski definition) is 0. The lowest BCUT2D eigenvalue weighted by Gasteiger charge is -2.57. The van der Waals surface area contributed by atoms with Gasteiger partial charge in [-0.15, -0.1) is 0 Å². The zero-order chi connectivity index (χ0) is 21.9. The predicted molar refractivity (Wildman–Crippen MR) is 110 cm³/mol. The van der Waals surface area contributed by atoms with Crippen LogP contribution in [0.2, 0.25) is 0 Å². The standard InChI is InChI=1S/C23H27N3O4/c1-13(27)23(30-14(2)28)10-7-18-16-12-20(25-26-24)19-11-15(29)5-8-21(19,3)17(16)6-9-22(18,23)4/h5,8,11-12,16-18H,6-7,9-10H2,1-4H3/t16-,17+,18+,21-,22+,23+/m1/s1. The second-order valence-electron chi connectivity index (χ2n) is 9.58. The molecule has 0 aromatic carbocycles. The molecule has 0 bridgehead atoms. The van der Waals surface area contributed by atoms with Crippen molar-refractivity contribution in [2.24, 2.45) is 33.7 Å². The first-order chi connectivity index (χ1) is 14.1. The van der Waals surface area contributed by atoms with Gasteiger partial charge in [0.05, 0.1) is 0 Å². The third-order valence-corrected chi connectivity index (χ3v) is 8.35. The van der Waals surface area contributed by atoms with Crippen molar-refractivity contribution in [2.45, 2.75) is 59.0 Å². The Morgan fingerprint density at radius 3 is 2.53 bits per heavy atom. The zero-order valence-corrected chi connectivity index (χ0v) is 17.8.